The molecule has 0 fully saturated rings. The molecule has 0 heterocycles. The molecule has 0 saturated heterocycles. The minimum atomic E-state index is 0.170. The van der Waals surface area contributed by atoms with Crippen molar-refractivity contribution in [1.82, 2.24) is 10.6 Å². The highest BCUT2D eigenvalue weighted by Crippen LogP contribution is 2.15. The molecule has 142 valence electrons. The van der Waals surface area contributed by atoms with Crippen molar-refractivity contribution in [1.29, 1.82) is 0 Å². The van der Waals surface area contributed by atoms with Crippen LogP contribution < -0.4 is 15.4 Å². The summed E-state index contributed by atoms with van der Waals surface area (Å²) in [6.07, 6.45) is 1.09. The maximum Gasteiger partial charge on any atom is 0.191 e. The first-order valence-electron chi connectivity index (χ1n) is 9.00. The lowest BCUT2D eigenvalue weighted by Gasteiger charge is -2.12. The summed E-state index contributed by atoms with van der Waals surface area (Å²) in [4.78, 5) is 4.63. The van der Waals surface area contributed by atoms with Gasteiger partial charge in [0.1, 0.15) is 5.75 Å². The summed E-state index contributed by atoms with van der Waals surface area (Å²) >= 11 is 0. The van der Waals surface area contributed by atoms with E-state index in [1.54, 1.807) is 7.11 Å². The number of hydrogen-bond acceptors (Lipinski definition) is 4. The van der Waals surface area contributed by atoms with Crippen molar-refractivity contribution < 1.29 is 14.2 Å². The SMILES string of the molecule is CCNC(=NCc1cccc(OC(C)C)c1)NCCCOCCOC. The molecule has 1 rings (SSSR count). The van der Waals surface area contributed by atoms with Crippen molar-refractivity contribution in [2.75, 3.05) is 40.0 Å². The van der Waals surface area contributed by atoms with Gasteiger partial charge in [-0.1, -0.05) is 12.1 Å². The first-order valence-corrected chi connectivity index (χ1v) is 9.00. The fraction of sp³-hybridized carbons (Fsp3) is 0.632. The van der Waals surface area contributed by atoms with Crippen molar-refractivity contribution in [2.24, 2.45) is 4.99 Å². The molecule has 0 amide bonds. The lowest BCUT2D eigenvalue weighted by molar-refractivity contribution is 0.0698. The molecule has 0 aromatic heterocycles. The molecule has 0 aliphatic rings. The maximum absolute atomic E-state index is 5.73. The zero-order valence-electron chi connectivity index (χ0n) is 16.0. The second-order valence-corrected chi connectivity index (χ2v) is 5.89. The molecule has 25 heavy (non-hydrogen) atoms. The van der Waals surface area contributed by atoms with Crippen molar-refractivity contribution in [3.05, 3.63) is 29.8 Å². The Balaban J connectivity index is 2.41. The molecule has 0 bridgehead atoms. The minimum absolute atomic E-state index is 0.170. The Morgan fingerprint density at radius 2 is 2.00 bits per heavy atom. The van der Waals surface area contributed by atoms with Crippen LogP contribution in [0.15, 0.2) is 29.3 Å². The van der Waals surface area contributed by atoms with Gasteiger partial charge in [0.05, 0.1) is 25.9 Å². The molecule has 6 heteroatoms. The van der Waals surface area contributed by atoms with Crippen LogP contribution in [0.2, 0.25) is 0 Å². The average molecular weight is 351 g/mol. The maximum atomic E-state index is 5.73. The van der Waals surface area contributed by atoms with E-state index in [1.165, 1.54) is 0 Å². The van der Waals surface area contributed by atoms with Gasteiger partial charge in [0.2, 0.25) is 0 Å². The molecule has 1 aromatic carbocycles. The van der Waals surface area contributed by atoms with Crippen LogP contribution in [-0.4, -0.2) is 52.1 Å². The highest BCUT2D eigenvalue weighted by molar-refractivity contribution is 5.79. The van der Waals surface area contributed by atoms with E-state index in [9.17, 15) is 0 Å². The highest BCUT2D eigenvalue weighted by Gasteiger charge is 2.01. The molecular formula is C19H33N3O3. The molecule has 0 radical (unpaired) electrons. The summed E-state index contributed by atoms with van der Waals surface area (Å²) in [7, 11) is 1.68. The molecular weight excluding hydrogens is 318 g/mol. The third-order valence-electron chi connectivity index (χ3n) is 3.22. The Hall–Kier alpha value is -1.79. The zero-order valence-corrected chi connectivity index (χ0v) is 16.0. The molecule has 6 nitrogen and oxygen atoms in total. The van der Waals surface area contributed by atoms with Gasteiger partial charge in [0.15, 0.2) is 5.96 Å². The Labute approximate surface area is 152 Å². The van der Waals surface area contributed by atoms with E-state index in [0.717, 1.165) is 36.8 Å². The van der Waals surface area contributed by atoms with E-state index >= 15 is 0 Å². The van der Waals surface area contributed by atoms with Gasteiger partial charge >= 0.3 is 0 Å². The Morgan fingerprint density at radius 1 is 1.16 bits per heavy atom. The summed E-state index contributed by atoms with van der Waals surface area (Å²) in [6.45, 7) is 10.3. The van der Waals surface area contributed by atoms with Gasteiger partial charge in [-0.15, -0.1) is 0 Å². The van der Waals surface area contributed by atoms with Gasteiger partial charge in [-0.25, -0.2) is 4.99 Å². The number of nitrogens with zero attached hydrogens (tertiary/aromatic N) is 1. The summed E-state index contributed by atoms with van der Waals surface area (Å²) in [5.74, 6) is 1.70. The molecule has 0 atom stereocenters. The van der Waals surface area contributed by atoms with E-state index in [1.807, 2.05) is 32.0 Å². The fourth-order valence-electron chi connectivity index (χ4n) is 2.13. The van der Waals surface area contributed by atoms with Gasteiger partial charge < -0.3 is 24.8 Å². The number of methoxy groups -OCH3 is 1. The van der Waals surface area contributed by atoms with E-state index in [-0.39, 0.29) is 6.10 Å². The fourth-order valence-corrected chi connectivity index (χ4v) is 2.13. The molecule has 1 aromatic rings. The molecule has 2 N–H and O–H groups in total. The number of hydrogen-bond donors (Lipinski definition) is 2. The van der Waals surface area contributed by atoms with E-state index in [4.69, 9.17) is 14.2 Å². The third-order valence-corrected chi connectivity index (χ3v) is 3.22. The van der Waals surface area contributed by atoms with E-state index in [2.05, 4.69) is 28.6 Å². The van der Waals surface area contributed by atoms with Gasteiger partial charge in [0, 0.05) is 26.8 Å². The smallest absolute Gasteiger partial charge is 0.191 e. The number of guanidine groups is 1. The van der Waals surface area contributed by atoms with Crippen LogP contribution in [0, 0.1) is 0 Å². The number of nitrogens with one attached hydrogen (secondary N) is 2. The Kier molecular flexibility index (Phi) is 11.5. The largest absolute Gasteiger partial charge is 0.491 e. The van der Waals surface area contributed by atoms with Gasteiger partial charge in [0.25, 0.3) is 0 Å². The van der Waals surface area contributed by atoms with Crippen LogP contribution >= 0.6 is 0 Å². The number of benzene rings is 1. The van der Waals surface area contributed by atoms with Gasteiger partial charge in [-0.05, 0) is 44.9 Å². The van der Waals surface area contributed by atoms with Crippen LogP contribution in [-0.2, 0) is 16.0 Å². The van der Waals surface area contributed by atoms with Crippen LogP contribution in [0.1, 0.15) is 32.8 Å². The summed E-state index contributed by atoms with van der Waals surface area (Å²) in [5, 5.41) is 6.58. The Morgan fingerprint density at radius 3 is 2.72 bits per heavy atom. The normalized spacial score (nSPS) is 11.6. The minimum Gasteiger partial charge on any atom is -0.491 e. The molecule has 0 saturated carbocycles. The van der Waals surface area contributed by atoms with Crippen LogP contribution in [0.25, 0.3) is 0 Å². The molecule has 0 aliphatic heterocycles. The standard InChI is InChI=1S/C19H33N3O3/c1-5-20-19(21-10-7-11-24-13-12-23-4)22-15-17-8-6-9-18(14-17)25-16(2)3/h6,8-9,14,16H,5,7,10-13,15H2,1-4H3,(H2,20,21,22). The lowest BCUT2D eigenvalue weighted by Crippen LogP contribution is -2.38. The molecule has 0 unspecified atom stereocenters. The average Bonchev–Trinajstić information content (AvgIpc) is 2.58. The summed E-state index contributed by atoms with van der Waals surface area (Å²) in [5.41, 5.74) is 1.12. The van der Waals surface area contributed by atoms with Gasteiger partial charge in [-0.2, -0.15) is 0 Å². The highest BCUT2D eigenvalue weighted by atomic mass is 16.5. The van der Waals surface area contributed by atoms with Crippen LogP contribution in [0.4, 0.5) is 0 Å². The first-order chi connectivity index (χ1) is 12.2. The monoisotopic (exact) mass is 351 g/mol. The number of ether oxygens (including phenoxy) is 3. The predicted molar refractivity (Wildman–Crippen MR) is 102 cm³/mol. The van der Waals surface area contributed by atoms with Crippen molar-refractivity contribution >= 4 is 5.96 Å². The van der Waals surface area contributed by atoms with E-state index < -0.39 is 0 Å². The quantitative estimate of drug-likeness (QED) is 0.344. The lowest BCUT2D eigenvalue weighted by atomic mass is 10.2. The van der Waals surface area contributed by atoms with Gasteiger partial charge in [-0.3, -0.25) is 0 Å². The number of rotatable bonds is 12. The van der Waals surface area contributed by atoms with Crippen molar-refractivity contribution in [3.63, 3.8) is 0 Å². The topological polar surface area (TPSA) is 64.1 Å². The Bertz CT molecular complexity index is 493. The second-order valence-electron chi connectivity index (χ2n) is 5.89. The third kappa shape index (κ3) is 10.6. The second kappa shape index (κ2) is 13.5. The van der Waals surface area contributed by atoms with Crippen LogP contribution in [0.5, 0.6) is 5.75 Å². The summed E-state index contributed by atoms with van der Waals surface area (Å²) < 4.78 is 16.1. The van der Waals surface area contributed by atoms with E-state index in [0.29, 0.717) is 26.4 Å². The molecule has 0 aliphatic carbocycles. The molecule has 0 spiro atoms. The first kappa shape index (κ1) is 21.3. The number of aliphatic imine (C=N–C) groups is 1. The summed E-state index contributed by atoms with van der Waals surface area (Å²) in [6, 6.07) is 8.07. The zero-order chi connectivity index (χ0) is 18.3. The van der Waals surface area contributed by atoms with Crippen molar-refractivity contribution in [2.45, 2.75) is 39.8 Å². The van der Waals surface area contributed by atoms with Crippen molar-refractivity contribution in [3.8, 4) is 5.75 Å². The van der Waals surface area contributed by atoms with Crippen LogP contribution in [0.3, 0.4) is 0 Å². The predicted octanol–water partition coefficient (Wildman–Crippen LogP) is 2.58.